The smallest absolute Gasteiger partial charge is 0.0707 e. The van der Waals surface area contributed by atoms with Gasteiger partial charge < -0.3 is 15.0 Å². The van der Waals surface area contributed by atoms with Crippen molar-refractivity contribution in [3.63, 3.8) is 0 Å². The Balaban J connectivity index is 2.16. The van der Waals surface area contributed by atoms with Crippen LogP contribution in [0.4, 0.5) is 0 Å². The van der Waals surface area contributed by atoms with Gasteiger partial charge in [0.2, 0.25) is 0 Å². The fraction of sp³-hybridized carbons (Fsp3) is 0.846. The highest BCUT2D eigenvalue weighted by atomic mass is 16.5. The highest BCUT2D eigenvalue weighted by Gasteiger charge is 2.25. The van der Waals surface area contributed by atoms with Gasteiger partial charge >= 0.3 is 0 Å². The summed E-state index contributed by atoms with van der Waals surface area (Å²) in [7, 11) is 2.12. The minimum Gasteiger partial charge on any atom is -0.372 e. The second-order valence-electron chi connectivity index (χ2n) is 5.03. The number of nitrogens with zero attached hydrogens (tertiary/aromatic N) is 1. The summed E-state index contributed by atoms with van der Waals surface area (Å²) in [5.74, 6) is 0. The summed E-state index contributed by atoms with van der Waals surface area (Å²) in [6.07, 6.45) is 5.12. The molecule has 3 nitrogen and oxygen atoms in total. The fourth-order valence-electron chi connectivity index (χ4n) is 2.07. The van der Waals surface area contributed by atoms with E-state index in [0.717, 1.165) is 19.6 Å². The molecule has 2 atom stereocenters. The molecule has 0 saturated carbocycles. The first kappa shape index (κ1) is 13.7. The molecule has 0 aliphatic carbocycles. The number of hydrogen-bond acceptors (Lipinski definition) is 3. The van der Waals surface area contributed by atoms with Crippen LogP contribution in [0.15, 0.2) is 12.7 Å². The molecule has 0 aromatic carbocycles. The summed E-state index contributed by atoms with van der Waals surface area (Å²) >= 11 is 0. The summed E-state index contributed by atoms with van der Waals surface area (Å²) < 4.78 is 5.99. The SMILES string of the molecule is C=CCN(C)CC1CCC(CNC(C)C)O1. The molecule has 1 heterocycles. The summed E-state index contributed by atoms with van der Waals surface area (Å²) in [5, 5.41) is 3.43. The normalized spacial score (nSPS) is 25.6. The minimum atomic E-state index is 0.406. The molecular weight excluding hydrogens is 200 g/mol. The van der Waals surface area contributed by atoms with Crippen LogP contribution in [-0.4, -0.2) is 49.8 Å². The van der Waals surface area contributed by atoms with Crippen molar-refractivity contribution in [2.24, 2.45) is 0 Å². The van der Waals surface area contributed by atoms with Crippen molar-refractivity contribution < 1.29 is 4.74 Å². The van der Waals surface area contributed by atoms with E-state index in [1.165, 1.54) is 12.8 Å². The Kier molecular flexibility index (Phi) is 6.03. The maximum absolute atomic E-state index is 5.99. The van der Waals surface area contributed by atoms with Crippen LogP contribution in [0.1, 0.15) is 26.7 Å². The molecule has 2 unspecified atom stereocenters. The number of hydrogen-bond donors (Lipinski definition) is 1. The third-order valence-electron chi connectivity index (χ3n) is 2.91. The van der Waals surface area contributed by atoms with Crippen LogP contribution in [0, 0.1) is 0 Å². The van der Waals surface area contributed by atoms with Crippen LogP contribution < -0.4 is 5.32 Å². The first-order valence-corrected chi connectivity index (χ1v) is 6.30. The summed E-state index contributed by atoms with van der Waals surface area (Å²) in [4.78, 5) is 2.26. The summed E-state index contributed by atoms with van der Waals surface area (Å²) in [5.41, 5.74) is 0. The van der Waals surface area contributed by atoms with Crippen molar-refractivity contribution in [2.45, 2.75) is 44.9 Å². The molecule has 0 amide bonds. The maximum atomic E-state index is 5.99. The van der Waals surface area contributed by atoms with Crippen LogP contribution in [0.3, 0.4) is 0 Å². The second kappa shape index (κ2) is 7.05. The third kappa shape index (κ3) is 5.10. The van der Waals surface area contributed by atoms with E-state index in [1.807, 2.05) is 6.08 Å². The van der Waals surface area contributed by atoms with Crippen molar-refractivity contribution in [3.8, 4) is 0 Å². The summed E-state index contributed by atoms with van der Waals surface area (Å²) in [6.45, 7) is 11.0. The largest absolute Gasteiger partial charge is 0.372 e. The Morgan fingerprint density at radius 1 is 1.44 bits per heavy atom. The lowest BCUT2D eigenvalue weighted by Crippen LogP contribution is -2.34. The molecule has 1 N–H and O–H groups in total. The Morgan fingerprint density at radius 3 is 2.75 bits per heavy atom. The van der Waals surface area contributed by atoms with Gasteiger partial charge in [-0.25, -0.2) is 0 Å². The maximum Gasteiger partial charge on any atom is 0.0707 e. The number of nitrogens with one attached hydrogen (secondary N) is 1. The zero-order valence-corrected chi connectivity index (χ0v) is 10.9. The average Bonchev–Trinajstić information content (AvgIpc) is 2.63. The van der Waals surface area contributed by atoms with Gasteiger partial charge in [-0.15, -0.1) is 6.58 Å². The monoisotopic (exact) mass is 226 g/mol. The first-order valence-electron chi connectivity index (χ1n) is 6.30. The van der Waals surface area contributed by atoms with Gasteiger partial charge in [-0.3, -0.25) is 0 Å². The van der Waals surface area contributed by atoms with E-state index >= 15 is 0 Å². The highest BCUT2D eigenvalue weighted by Crippen LogP contribution is 2.19. The van der Waals surface area contributed by atoms with E-state index in [0.29, 0.717) is 18.2 Å². The minimum absolute atomic E-state index is 0.406. The molecule has 0 radical (unpaired) electrons. The van der Waals surface area contributed by atoms with Gasteiger partial charge in [-0.05, 0) is 19.9 Å². The lowest BCUT2D eigenvalue weighted by molar-refractivity contribution is 0.0288. The molecule has 3 heteroatoms. The van der Waals surface area contributed by atoms with E-state index in [4.69, 9.17) is 4.74 Å². The van der Waals surface area contributed by atoms with Gasteiger partial charge in [0.25, 0.3) is 0 Å². The van der Waals surface area contributed by atoms with Crippen LogP contribution in [0.5, 0.6) is 0 Å². The van der Waals surface area contributed by atoms with E-state index in [1.54, 1.807) is 0 Å². The predicted molar refractivity (Wildman–Crippen MR) is 68.7 cm³/mol. The quantitative estimate of drug-likeness (QED) is 0.668. The van der Waals surface area contributed by atoms with E-state index < -0.39 is 0 Å². The van der Waals surface area contributed by atoms with Crippen molar-refractivity contribution >= 4 is 0 Å². The number of rotatable bonds is 7. The lowest BCUT2D eigenvalue weighted by atomic mass is 10.2. The van der Waals surface area contributed by atoms with Gasteiger partial charge in [0.05, 0.1) is 12.2 Å². The molecule has 16 heavy (non-hydrogen) atoms. The molecule has 0 bridgehead atoms. The zero-order chi connectivity index (χ0) is 12.0. The van der Waals surface area contributed by atoms with Crippen LogP contribution in [0.25, 0.3) is 0 Å². The average molecular weight is 226 g/mol. The van der Waals surface area contributed by atoms with E-state index in [9.17, 15) is 0 Å². The van der Waals surface area contributed by atoms with Crippen LogP contribution >= 0.6 is 0 Å². The van der Waals surface area contributed by atoms with Gasteiger partial charge in [0, 0.05) is 25.7 Å². The Morgan fingerprint density at radius 2 is 2.12 bits per heavy atom. The van der Waals surface area contributed by atoms with Gasteiger partial charge in [-0.1, -0.05) is 19.9 Å². The number of ether oxygens (including phenoxy) is 1. The molecule has 1 aliphatic heterocycles. The van der Waals surface area contributed by atoms with Crippen molar-refractivity contribution in [1.82, 2.24) is 10.2 Å². The number of likely N-dealkylation sites (N-methyl/N-ethyl adjacent to an activating group) is 1. The molecule has 1 aliphatic rings. The van der Waals surface area contributed by atoms with E-state index in [-0.39, 0.29) is 0 Å². The highest BCUT2D eigenvalue weighted by molar-refractivity contribution is 4.80. The molecule has 0 aromatic rings. The molecule has 94 valence electrons. The Hall–Kier alpha value is -0.380. The van der Waals surface area contributed by atoms with Gasteiger partial charge in [-0.2, -0.15) is 0 Å². The summed E-state index contributed by atoms with van der Waals surface area (Å²) in [6, 6.07) is 0.547. The lowest BCUT2D eigenvalue weighted by Gasteiger charge is -2.20. The third-order valence-corrected chi connectivity index (χ3v) is 2.91. The second-order valence-corrected chi connectivity index (χ2v) is 5.03. The molecule has 0 aromatic heterocycles. The fourth-order valence-corrected chi connectivity index (χ4v) is 2.07. The molecular formula is C13H26N2O. The predicted octanol–water partition coefficient (Wildman–Crippen LogP) is 1.65. The standard InChI is InChI=1S/C13H26N2O/c1-5-8-15(4)10-13-7-6-12(16-13)9-14-11(2)3/h5,11-14H,1,6-10H2,2-4H3. The van der Waals surface area contributed by atoms with Crippen molar-refractivity contribution in [2.75, 3.05) is 26.7 Å². The molecule has 0 spiro atoms. The Labute approximate surface area is 99.8 Å². The topological polar surface area (TPSA) is 24.5 Å². The van der Waals surface area contributed by atoms with Crippen molar-refractivity contribution in [3.05, 3.63) is 12.7 Å². The van der Waals surface area contributed by atoms with Crippen molar-refractivity contribution in [1.29, 1.82) is 0 Å². The molecule has 1 rings (SSSR count). The Bertz CT molecular complexity index is 206. The van der Waals surface area contributed by atoms with Gasteiger partial charge in [0.1, 0.15) is 0 Å². The van der Waals surface area contributed by atoms with Crippen LogP contribution in [-0.2, 0) is 4.74 Å². The van der Waals surface area contributed by atoms with Gasteiger partial charge in [0.15, 0.2) is 0 Å². The molecule has 1 fully saturated rings. The zero-order valence-electron chi connectivity index (χ0n) is 10.9. The van der Waals surface area contributed by atoms with E-state index in [2.05, 4.69) is 37.7 Å². The first-order chi connectivity index (χ1) is 7.61. The van der Waals surface area contributed by atoms with Crippen LogP contribution in [0.2, 0.25) is 0 Å². The molecule has 1 saturated heterocycles.